The number of rotatable bonds is 5. The first-order chi connectivity index (χ1) is 12.5. The van der Waals surface area contributed by atoms with Crippen molar-refractivity contribution in [1.82, 2.24) is 5.27 Å². The van der Waals surface area contributed by atoms with Gasteiger partial charge in [-0.1, -0.05) is 41.9 Å². The maximum absolute atomic E-state index is 12.0. The van der Waals surface area contributed by atoms with Gasteiger partial charge in [0.2, 0.25) is 5.27 Å². The Morgan fingerprint density at radius 2 is 2.04 bits per heavy atom. The van der Waals surface area contributed by atoms with Gasteiger partial charge in [-0.05, 0) is 22.4 Å². The van der Waals surface area contributed by atoms with E-state index in [0.717, 1.165) is 6.42 Å². The molecule has 0 aliphatic carbocycles. The molecule has 1 heterocycles. The zero-order valence-corrected chi connectivity index (χ0v) is 14.8. The highest BCUT2D eigenvalue weighted by molar-refractivity contribution is 6.32. The van der Waals surface area contributed by atoms with Gasteiger partial charge in [0.05, 0.1) is 5.02 Å². The second kappa shape index (κ2) is 7.88. The number of amides is 2. The summed E-state index contributed by atoms with van der Waals surface area (Å²) in [5.41, 5.74) is 1.58. The SMILES string of the molecule is CC(Cc1ccccc1)[n+]1cc(NC(=O)Nc2ccc(Cl)c(O)c2)on1. The van der Waals surface area contributed by atoms with Crippen LogP contribution < -0.4 is 15.3 Å². The summed E-state index contributed by atoms with van der Waals surface area (Å²) in [6.45, 7) is 2.01. The van der Waals surface area contributed by atoms with E-state index in [-0.39, 0.29) is 22.7 Å². The van der Waals surface area contributed by atoms with Gasteiger partial charge in [-0.15, -0.1) is 0 Å². The second-order valence-electron chi connectivity index (χ2n) is 5.83. The highest BCUT2D eigenvalue weighted by atomic mass is 35.5. The highest BCUT2D eigenvalue weighted by Gasteiger charge is 2.21. The minimum Gasteiger partial charge on any atom is -0.506 e. The molecule has 0 aliphatic heterocycles. The molecule has 3 aromatic rings. The number of hydrogen-bond donors (Lipinski definition) is 3. The van der Waals surface area contributed by atoms with Crippen LogP contribution in [-0.2, 0) is 6.42 Å². The van der Waals surface area contributed by atoms with E-state index in [1.165, 1.54) is 17.7 Å². The normalized spacial score (nSPS) is 11.8. The molecule has 7 nitrogen and oxygen atoms in total. The number of nitrogens with zero attached hydrogens (tertiary/aromatic N) is 2. The van der Waals surface area contributed by atoms with E-state index in [0.29, 0.717) is 5.69 Å². The Bertz CT molecular complexity index is 898. The molecule has 0 spiro atoms. The van der Waals surface area contributed by atoms with Crippen LogP contribution in [0.25, 0.3) is 0 Å². The highest BCUT2D eigenvalue weighted by Crippen LogP contribution is 2.26. The predicted octanol–water partition coefficient (Wildman–Crippen LogP) is 3.77. The van der Waals surface area contributed by atoms with E-state index >= 15 is 0 Å². The largest absolute Gasteiger partial charge is 0.506 e. The maximum atomic E-state index is 12.0. The Morgan fingerprint density at radius 3 is 2.77 bits per heavy atom. The number of hydrogen-bond acceptors (Lipinski definition) is 4. The van der Waals surface area contributed by atoms with Crippen molar-refractivity contribution < 1.29 is 19.1 Å². The first-order valence-electron chi connectivity index (χ1n) is 8.00. The van der Waals surface area contributed by atoms with E-state index in [2.05, 4.69) is 15.9 Å². The summed E-state index contributed by atoms with van der Waals surface area (Å²) >= 11 is 5.73. The molecule has 1 atom stereocenters. The Morgan fingerprint density at radius 1 is 1.27 bits per heavy atom. The lowest BCUT2D eigenvalue weighted by Crippen LogP contribution is -2.40. The van der Waals surface area contributed by atoms with Crippen molar-refractivity contribution >= 4 is 29.2 Å². The fraction of sp³-hybridized carbons (Fsp3) is 0.167. The number of aromatic hydroxyl groups is 1. The Hall–Kier alpha value is -3.06. The third-order valence-electron chi connectivity index (χ3n) is 3.75. The van der Waals surface area contributed by atoms with Crippen LogP contribution in [0.4, 0.5) is 16.4 Å². The van der Waals surface area contributed by atoms with Crippen molar-refractivity contribution in [2.75, 3.05) is 10.6 Å². The van der Waals surface area contributed by atoms with E-state index in [1.807, 2.05) is 37.3 Å². The second-order valence-corrected chi connectivity index (χ2v) is 6.24. The number of aromatic nitrogens is 2. The monoisotopic (exact) mass is 373 g/mol. The van der Waals surface area contributed by atoms with Gasteiger partial charge in [0.25, 0.3) is 6.20 Å². The van der Waals surface area contributed by atoms with Gasteiger partial charge >= 0.3 is 11.9 Å². The molecule has 0 aliphatic rings. The molecule has 26 heavy (non-hydrogen) atoms. The van der Waals surface area contributed by atoms with Crippen molar-refractivity contribution in [2.45, 2.75) is 19.4 Å². The summed E-state index contributed by atoms with van der Waals surface area (Å²) in [5, 5.41) is 18.8. The van der Waals surface area contributed by atoms with Crippen LogP contribution in [-0.4, -0.2) is 16.4 Å². The molecule has 3 rings (SSSR count). The summed E-state index contributed by atoms with van der Waals surface area (Å²) in [4.78, 5) is 12.0. The number of halogens is 1. The molecule has 0 saturated heterocycles. The molecule has 0 bridgehead atoms. The lowest BCUT2D eigenvalue weighted by atomic mass is 10.1. The summed E-state index contributed by atoms with van der Waals surface area (Å²) < 4.78 is 6.79. The Labute approximate surface area is 155 Å². The van der Waals surface area contributed by atoms with Crippen LogP contribution in [0.15, 0.2) is 59.3 Å². The van der Waals surface area contributed by atoms with E-state index in [1.54, 1.807) is 16.9 Å². The summed E-state index contributed by atoms with van der Waals surface area (Å²) in [6.07, 6.45) is 2.40. The molecule has 0 fully saturated rings. The number of carbonyl (C=O) groups excluding carboxylic acids is 1. The van der Waals surface area contributed by atoms with Crippen LogP contribution in [0.2, 0.25) is 5.02 Å². The quantitative estimate of drug-likeness (QED) is 0.594. The van der Waals surface area contributed by atoms with Crippen LogP contribution in [0.3, 0.4) is 0 Å². The van der Waals surface area contributed by atoms with Crippen molar-refractivity contribution in [1.29, 1.82) is 0 Å². The van der Waals surface area contributed by atoms with Crippen LogP contribution >= 0.6 is 11.6 Å². The molecule has 134 valence electrons. The molecule has 2 amide bonds. The van der Waals surface area contributed by atoms with Crippen molar-refractivity contribution in [2.24, 2.45) is 0 Å². The summed E-state index contributed by atoms with van der Waals surface area (Å²) in [7, 11) is 0. The van der Waals surface area contributed by atoms with Gasteiger partial charge in [-0.25, -0.2) is 4.79 Å². The van der Waals surface area contributed by atoms with Gasteiger partial charge in [0.1, 0.15) is 5.75 Å². The minimum absolute atomic E-state index is 0.0629. The smallest absolute Gasteiger partial charge is 0.326 e. The van der Waals surface area contributed by atoms with E-state index in [4.69, 9.17) is 16.1 Å². The van der Waals surface area contributed by atoms with Crippen LogP contribution in [0.1, 0.15) is 18.5 Å². The number of phenols is 1. The molecule has 3 N–H and O–H groups in total. The average Bonchev–Trinajstić information content (AvgIpc) is 3.07. The van der Waals surface area contributed by atoms with E-state index in [9.17, 15) is 9.90 Å². The lowest BCUT2D eigenvalue weighted by Gasteiger charge is -2.05. The number of nitrogens with one attached hydrogen (secondary N) is 2. The fourth-order valence-electron chi connectivity index (χ4n) is 2.43. The van der Waals surface area contributed by atoms with Crippen molar-refractivity contribution in [3.05, 3.63) is 65.3 Å². The summed E-state index contributed by atoms with van der Waals surface area (Å²) in [5.74, 6) is 0.0947. The first-order valence-corrected chi connectivity index (χ1v) is 8.37. The number of phenolic OH excluding ortho intramolecular Hbond substituents is 1. The molecular weight excluding hydrogens is 356 g/mol. The first kappa shape index (κ1) is 17.8. The Kier molecular flexibility index (Phi) is 5.38. The van der Waals surface area contributed by atoms with Gasteiger partial charge in [-0.2, -0.15) is 0 Å². The van der Waals surface area contributed by atoms with E-state index < -0.39 is 6.03 Å². The standard InChI is InChI=1S/C18H17ClN4O3/c1-12(9-13-5-3-2-4-6-13)23-11-17(26-22-23)21-18(25)20-14-7-8-15(19)16(24)10-14/h2-8,10-12H,9H2,1H3,(H2-,20,21,22,24,25)/p+1. The topological polar surface area (TPSA) is 91.3 Å². The molecule has 8 heteroatoms. The third kappa shape index (κ3) is 4.52. The average molecular weight is 374 g/mol. The zero-order valence-electron chi connectivity index (χ0n) is 14.0. The number of urea groups is 1. The third-order valence-corrected chi connectivity index (χ3v) is 4.07. The van der Waals surface area contributed by atoms with Gasteiger partial charge in [-0.3, -0.25) is 9.84 Å². The number of benzene rings is 2. The molecule has 1 aromatic heterocycles. The van der Waals surface area contributed by atoms with Crippen molar-refractivity contribution in [3.63, 3.8) is 0 Å². The zero-order chi connectivity index (χ0) is 18.5. The fourth-order valence-corrected chi connectivity index (χ4v) is 2.55. The lowest BCUT2D eigenvalue weighted by molar-refractivity contribution is -0.782. The van der Waals surface area contributed by atoms with Crippen LogP contribution in [0, 0.1) is 0 Å². The van der Waals surface area contributed by atoms with Gasteiger partial charge in [0.15, 0.2) is 6.04 Å². The summed E-state index contributed by atoms with van der Waals surface area (Å²) in [6, 6.07) is 14.0. The molecular formula is C18H18ClN4O3+. The predicted molar refractivity (Wildman–Crippen MR) is 97.3 cm³/mol. The molecule has 2 aromatic carbocycles. The number of anilines is 2. The minimum atomic E-state index is -0.522. The number of carbonyl (C=O) groups is 1. The Balaban J connectivity index is 1.58. The van der Waals surface area contributed by atoms with Crippen LogP contribution in [0.5, 0.6) is 5.75 Å². The molecule has 0 radical (unpaired) electrons. The molecule has 1 unspecified atom stereocenters. The van der Waals surface area contributed by atoms with Crippen molar-refractivity contribution in [3.8, 4) is 5.75 Å². The molecule has 0 saturated carbocycles. The van der Waals surface area contributed by atoms with Gasteiger partial charge in [0, 0.05) is 25.1 Å². The maximum Gasteiger partial charge on any atom is 0.326 e. The van der Waals surface area contributed by atoms with Gasteiger partial charge < -0.3 is 10.4 Å².